The number of hydrogen-bond donors (Lipinski definition) is 1. The van der Waals surface area contributed by atoms with Crippen LogP contribution in [0.2, 0.25) is 0 Å². The molecule has 4 nitrogen and oxygen atoms in total. The molecule has 0 fully saturated rings. The molecule has 0 radical (unpaired) electrons. The Morgan fingerprint density at radius 2 is 1.90 bits per heavy atom. The monoisotopic (exact) mass is 286 g/mol. The summed E-state index contributed by atoms with van der Waals surface area (Å²) in [6.45, 7) is 4.31. The molecule has 0 aliphatic rings. The number of nitrogens with zero attached hydrogens (tertiary/aromatic N) is 1. The number of hydrogen-bond acceptors (Lipinski definition) is 4. The molecule has 1 N–H and O–H groups in total. The summed E-state index contributed by atoms with van der Waals surface area (Å²) < 4.78 is 10.9. The van der Waals surface area contributed by atoms with E-state index < -0.39 is 0 Å². The van der Waals surface area contributed by atoms with E-state index in [1.165, 1.54) is 0 Å². The summed E-state index contributed by atoms with van der Waals surface area (Å²) in [4.78, 5) is 4.47. The van der Waals surface area contributed by atoms with Crippen LogP contribution >= 0.6 is 0 Å². The molecule has 1 aromatic carbocycles. The maximum Gasteiger partial charge on any atom is 0.122 e. The Morgan fingerprint density at radius 3 is 2.67 bits per heavy atom. The molecule has 0 bridgehead atoms. The van der Waals surface area contributed by atoms with E-state index >= 15 is 0 Å². The molecule has 0 aliphatic heterocycles. The van der Waals surface area contributed by atoms with E-state index in [2.05, 4.69) is 10.3 Å². The molecule has 0 saturated carbocycles. The van der Waals surface area contributed by atoms with Crippen LogP contribution in [-0.4, -0.2) is 25.2 Å². The summed E-state index contributed by atoms with van der Waals surface area (Å²) in [7, 11) is 1.67. The topological polar surface area (TPSA) is 43.4 Å². The highest BCUT2D eigenvalue weighted by Gasteiger charge is 2.00. The van der Waals surface area contributed by atoms with Crippen molar-refractivity contribution in [1.82, 2.24) is 10.3 Å². The number of benzene rings is 1. The minimum atomic E-state index is 0.710. The van der Waals surface area contributed by atoms with Gasteiger partial charge in [0.05, 0.1) is 19.4 Å². The van der Waals surface area contributed by atoms with E-state index in [0.717, 1.165) is 42.4 Å². The summed E-state index contributed by atoms with van der Waals surface area (Å²) in [6, 6.07) is 13.8. The van der Waals surface area contributed by atoms with E-state index in [-0.39, 0.29) is 0 Å². The molecular weight excluding hydrogens is 264 g/mol. The van der Waals surface area contributed by atoms with Crippen LogP contribution in [0.3, 0.4) is 0 Å². The van der Waals surface area contributed by atoms with Gasteiger partial charge in [-0.25, -0.2) is 0 Å². The summed E-state index contributed by atoms with van der Waals surface area (Å²) in [5.41, 5.74) is 1.97. The van der Waals surface area contributed by atoms with Crippen LogP contribution < -0.4 is 14.8 Å². The first kappa shape index (κ1) is 15.3. The Labute approximate surface area is 126 Å². The van der Waals surface area contributed by atoms with Gasteiger partial charge < -0.3 is 14.8 Å². The molecule has 2 rings (SSSR count). The molecule has 0 saturated heterocycles. The minimum absolute atomic E-state index is 0.710. The van der Waals surface area contributed by atoms with Crippen molar-refractivity contribution in [2.45, 2.75) is 19.9 Å². The summed E-state index contributed by atoms with van der Waals surface area (Å²) in [5.74, 6) is 1.77. The van der Waals surface area contributed by atoms with E-state index in [9.17, 15) is 0 Å². The second kappa shape index (κ2) is 8.27. The number of pyridine rings is 1. The highest BCUT2D eigenvalue weighted by molar-refractivity contribution is 5.26. The van der Waals surface area contributed by atoms with Crippen molar-refractivity contribution in [3.05, 3.63) is 53.9 Å². The number of rotatable bonds is 8. The van der Waals surface area contributed by atoms with E-state index in [1.54, 1.807) is 7.11 Å². The van der Waals surface area contributed by atoms with Crippen molar-refractivity contribution < 1.29 is 9.47 Å². The van der Waals surface area contributed by atoms with E-state index in [4.69, 9.17) is 9.47 Å². The normalized spacial score (nSPS) is 10.4. The number of aryl methyl sites for hydroxylation is 1. The van der Waals surface area contributed by atoms with Gasteiger partial charge in [-0.3, -0.25) is 4.98 Å². The molecular formula is C17H22N2O2. The zero-order valence-electron chi connectivity index (χ0n) is 12.6. The van der Waals surface area contributed by atoms with Gasteiger partial charge in [0.25, 0.3) is 0 Å². The van der Waals surface area contributed by atoms with Crippen LogP contribution in [0.1, 0.15) is 17.8 Å². The Balaban J connectivity index is 1.65. The first-order valence-corrected chi connectivity index (χ1v) is 7.18. The van der Waals surface area contributed by atoms with Gasteiger partial charge in [0, 0.05) is 24.4 Å². The Hall–Kier alpha value is -2.07. The fourth-order valence-corrected chi connectivity index (χ4v) is 2.03. The van der Waals surface area contributed by atoms with Crippen molar-refractivity contribution >= 4 is 0 Å². The first-order chi connectivity index (χ1) is 10.3. The van der Waals surface area contributed by atoms with Crippen LogP contribution in [0.5, 0.6) is 11.5 Å². The SMILES string of the molecule is COc1cc(C)nc(CNCCCOc2ccccc2)c1. The standard InChI is InChI=1S/C17H22N2O2/c1-14-11-17(20-2)12-15(19-14)13-18-9-6-10-21-16-7-4-3-5-8-16/h3-5,7-8,11-12,18H,6,9-10,13H2,1-2H3. The number of methoxy groups -OCH3 is 1. The van der Waals surface area contributed by atoms with Crippen molar-refractivity contribution in [1.29, 1.82) is 0 Å². The van der Waals surface area contributed by atoms with Gasteiger partial charge >= 0.3 is 0 Å². The number of aromatic nitrogens is 1. The summed E-state index contributed by atoms with van der Waals surface area (Å²) >= 11 is 0. The first-order valence-electron chi connectivity index (χ1n) is 7.18. The lowest BCUT2D eigenvalue weighted by Gasteiger charge is -2.08. The molecule has 21 heavy (non-hydrogen) atoms. The number of nitrogens with one attached hydrogen (secondary N) is 1. The second-order valence-corrected chi connectivity index (χ2v) is 4.83. The molecule has 0 amide bonds. The highest BCUT2D eigenvalue weighted by atomic mass is 16.5. The predicted octanol–water partition coefficient (Wildman–Crippen LogP) is 2.96. The van der Waals surface area contributed by atoms with Crippen molar-refractivity contribution in [2.24, 2.45) is 0 Å². The van der Waals surface area contributed by atoms with Gasteiger partial charge in [0.1, 0.15) is 11.5 Å². The minimum Gasteiger partial charge on any atom is -0.497 e. The van der Waals surface area contributed by atoms with E-state index in [1.807, 2.05) is 49.4 Å². The van der Waals surface area contributed by atoms with E-state index in [0.29, 0.717) is 6.61 Å². The van der Waals surface area contributed by atoms with Gasteiger partial charge in [0.2, 0.25) is 0 Å². The summed E-state index contributed by atoms with van der Waals surface area (Å²) in [6.07, 6.45) is 0.956. The van der Waals surface area contributed by atoms with Crippen LogP contribution in [0, 0.1) is 6.92 Å². The Morgan fingerprint density at radius 1 is 1.10 bits per heavy atom. The van der Waals surface area contributed by atoms with Gasteiger partial charge in [-0.1, -0.05) is 18.2 Å². The average Bonchev–Trinajstić information content (AvgIpc) is 2.51. The van der Waals surface area contributed by atoms with Gasteiger partial charge in [-0.15, -0.1) is 0 Å². The lowest BCUT2D eigenvalue weighted by Crippen LogP contribution is -2.18. The maximum atomic E-state index is 5.64. The number of para-hydroxylation sites is 1. The predicted molar refractivity (Wildman–Crippen MR) is 83.8 cm³/mol. The molecule has 1 heterocycles. The molecule has 0 spiro atoms. The van der Waals surface area contributed by atoms with Gasteiger partial charge in [-0.2, -0.15) is 0 Å². The quantitative estimate of drug-likeness (QED) is 0.758. The third-order valence-electron chi connectivity index (χ3n) is 3.03. The maximum absolute atomic E-state index is 5.64. The molecule has 0 unspecified atom stereocenters. The second-order valence-electron chi connectivity index (χ2n) is 4.83. The van der Waals surface area contributed by atoms with Gasteiger partial charge in [-0.05, 0) is 32.0 Å². The molecule has 1 aromatic heterocycles. The number of ether oxygens (including phenoxy) is 2. The van der Waals surface area contributed by atoms with Gasteiger partial charge in [0.15, 0.2) is 0 Å². The molecule has 2 aromatic rings. The lowest BCUT2D eigenvalue weighted by atomic mass is 10.3. The Kier molecular flexibility index (Phi) is 6.03. The third-order valence-corrected chi connectivity index (χ3v) is 3.03. The highest BCUT2D eigenvalue weighted by Crippen LogP contribution is 2.13. The van der Waals surface area contributed by atoms with Crippen LogP contribution in [0.15, 0.2) is 42.5 Å². The molecule has 0 atom stereocenters. The summed E-state index contributed by atoms with van der Waals surface area (Å²) in [5, 5.41) is 3.37. The van der Waals surface area contributed by atoms with Crippen LogP contribution in [0.4, 0.5) is 0 Å². The smallest absolute Gasteiger partial charge is 0.122 e. The van der Waals surface area contributed by atoms with Crippen molar-refractivity contribution in [3.8, 4) is 11.5 Å². The average molecular weight is 286 g/mol. The fraction of sp³-hybridized carbons (Fsp3) is 0.353. The lowest BCUT2D eigenvalue weighted by molar-refractivity contribution is 0.308. The largest absolute Gasteiger partial charge is 0.497 e. The Bertz CT molecular complexity index is 544. The molecule has 4 heteroatoms. The van der Waals surface area contributed by atoms with Crippen molar-refractivity contribution in [3.63, 3.8) is 0 Å². The zero-order chi connectivity index (χ0) is 14.9. The van der Waals surface area contributed by atoms with Crippen molar-refractivity contribution in [2.75, 3.05) is 20.3 Å². The zero-order valence-corrected chi connectivity index (χ0v) is 12.6. The molecule has 112 valence electrons. The van der Waals surface area contributed by atoms with Crippen LogP contribution in [0.25, 0.3) is 0 Å². The fourth-order valence-electron chi connectivity index (χ4n) is 2.03. The third kappa shape index (κ3) is 5.44. The van der Waals surface area contributed by atoms with Crippen LogP contribution in [-0.2, 0) is 6.54 Å². The molecule has 0 aliphatic carbocycles.